The van der Waals surface area contributed by atoms with Gasteiger partial charge in [-0.2, -0.15) is 13.2 Å². The van der Waals surface area contributed by atoms with Crippen LogP contribution in [0.1, 0.15) is 42.0 Å². The number of benzene rings is 2. The summed E-state index contributed by atoms with van der Waals surface area (Å²) in [5, 5.41) is 7.13. The number of rotatable bonds is 6. The van der Waals surface area contributed by atoms with Crippen LogP contribution in [0.5, 0.6) is 5.75 Å². The number of aromatic nitrogens is 1. The fourth-order valence-electron chi connectivity index (χ4n) is 4.06. The summed E-state index contributed by atoms with van der Waals surface area (Å²) in [7, 11) is 0. The van der Waals surface area contributed by atoms with Crippen LogP contribution in [-0.4, -0.2) is 30.2 Å². The Morgan fingerprint density at radius 2 is 1.94 bits per heavy atom. The third kappa shape index (κ3) is 4.38. The number of hydrogen-bond acceptors (Lipinski definition) is 7. The molecule has 0 saturated heterocycles. The fourth-order valence-corrected chi connectivity index (χ4v) is 4.06. The van der Waals surface area contributed by atoms with Crippen molar-refractivity contribution >= 4 is 5.84 Å². The van der Waals surface area contributed by atoms with Gasteiger partial charge in [-0.1, -0.05) is 54.5 Å². The summed E-state index contributed by atoms with van der Waals surface area (Å²) >= 11 is 0. The molecule has 0 radical (unpaired) electrons. The zero-order valence-corrected chi connectivity index (χ0v) is 18.4. The van der Waals surface area contributed by atoms with Crippen molar-refractivity contribution in [2.75, 3.05) is 13.2 Å². The van der Waals surface area contributed by atoms with E-state index in [2.05, 4.69) is 27.9 Å². The van der Waals surface area contributed by atoms with Gasteiger partial charge < -0.3 is 14.6 Å². The predicted molar refractivity (Wildman–Crippen MR) is 118 cm³/mol. The number of amidine groups is 1. The first-order valence-corrected chi connectivity index (χ1v) is 11.0. The smallest absolute Gasteiger partial charge is 0.422 e. The molecule has 0 aliphatic carbocycles. The number of nitrogens with one attached hydrogen (secondary N) is 2. The van der Waals surface area contributed by atoms with Crippen LogP contribution >= 0.6 is 0 Å². The van der Waals surface area contributed by atoms with E-state index in [1.165, 1.54) is 12.1 Å². The van der Waals surface area contributed by atoms with Crippen molar-refractivity contribution in [2.24, 2.45) is 4.99 Å². The number of hydroxylamine groups is 1. The van der Waals surface area contributed by atoms with Gasteiger partial charge in [0, 0.05) is 17.2 Å². The molecule has 7 nitrogen and oxygen atoms in total. The molecule has 0 bridgehead atoms. The average Bonchev–Trinajstić information content (AvgIpc) is 3.50. The third-order valence-electron chi connectivity index (χ3n) is 5.72. The first-order valence-electron chi connectivity index (χ1n) is 11.0. The van der Waals surface area contributed by atoms with Gasteiger partial charge in [0.25, 0.3) is 0 Å². The van der Waals surface area contributed by atoms with E-state index in [-0.39, 0.29) is 17.6 Å². The number of halogens is 3. The first kappa shape index (κ1) is 22.4. The van der Waals surface area contributed by atoms with Gasteiger partial charge in [0.1, 0.15) is 23.6 Å². The molecule has 0 fully saturated rings. The predicted octanol–water partition coefficient (Wildman–Crippen LogP) is 4.64. The molecule has 1 aromatic heterocycles. The molecule has 0 spiro atoms. The van der Waals surface area contributed by atoms with Gasteiger partial charge in [-0.25, -0.2) is 15.3 Å². The minimum absolute atomic E-state index is 0.249. The zero-order chi connectivity index (χ0) is 23.7. The highest BCUT2D eigenvalue weighted by molar-refractivity contribution is 5.99. The highest BCUT2D eigenvalue weighted by Gasteiger charge is 2.44. The van der Waals surface area contributed by atoms with E-state index in [4.69, 9.17) is 14.1 Å². The molecule has 3 heterocycles. The normalized spacial score (nSPS) is 19.8. The molecule has 3 aromatic rings. The van der Waals surface area contributed by atoms with Crippen LogP contribution in [0.3, 0.4) is 0 Å². The van der Waals surface area contributed by atoms with Crippen molar-refractivity contribution in [3.63, 3.8) is 0 Å². The molecular formula is C24H23F3N4O3. The van der Waals surface area contributed by atoms with Crippen LogP contribution in [0, 0.1) is 0 Å². The van der Waals surface area contributed by atoms with Crippen LogP contribution < -0.4 is 15.5 Å². The Morgan fingerprint density at radius 3 is 2.71 bits per heavy atom. The van der Waals surface area contributed by atoms with Crippen LogP contribution in [0.15, 0.2) is 58.0 Å². The van der Waals surface area contributed by atoms with Gasteiger partial charge >= 0.3 is 6.18 Å². The number of ether oxygens (including phenoxy) is 1. The second-order valence-electron chi connectivity index (χ2n) is 8.17. The van der Waals surface area contributed by atoms with Crippen molar-refractivity contribution in [2.45, 2.75) is 38.2 Å². The minimum Gasteiger partial charge on any atom is -0.492 e. The van der Waals surface area contributed by atoms with E-state index in [0.717, 1.165) is 30.7 Å². The van der Waals surface area contributed by atoms with Crippen molar-refractivity contribution in [1.29, 1.82) is 0 Å². The minimum atomic E-state index is -4.70. The molecule has 1 unspecified atom stereocenters. The van der Waals surface area contributed by atoms with Crippen molar-refractivity contribution < 1.29 is 27.3 Å². The average molecular weight is 472 g/mol. The summed E-state index contributed by atoms with van der Waals surface area (Å²) < 4.78 is 52.9. The Labute approximate surface area is 193 Å². The summed E-state index contributed by atoms with van der Waals surface area (Å²) in [5.74, 6) is 0.503. The second kappa shape index (κ2) is 9.11. The Morgan fingerprint density at radius 1 is 1.12 bits per heavy atom. The Hall–Kier alpha value is -3.37. The van der Waals surface area contributed by atoms with E-state index in [1.54, 1.807) is 18.2 Å². The fraction of sp³-hybridized carbons (Fsp3) is 0.333. The van der Waals surface area contributed by atoms with Gasteiger partial charge in [-0.3, -0.25) is 0 Å². The second-order valence-corrected chi connectivity index (χ2v) is 8.17. The summed E-state index contributed by atoms with van der Waals surface area (Å²) in [4.78, 5) is 9.65. The summed E-state index contributed by atoms with van der Waals surface area (Å²) in [6.07, 6.45) is -4.16. The maximum absolute atomic E-state index is 14.0. The van der Waals surface area contributed by atoms with E-state index in [1.807, 2.05) is 18.2 Å². The standard InChI is InChI=1S/C24H23F3N4O3/c1-2-10-28-17-11-15-8-9-16(12-18(15)32-13-17)22-29-23(34-31-22)21-19(24(25,26)27)20(30-33-21)14-6-4-3-5-7-14/h3-9,12,17,23,28H,2,10-11,13H2,1H3,(H,29,31)/t17-,23?/m1/s1. The van der Waals surface area contributed by atoms with E-state index in [0.29, 0.717) is 17.7 Å². The highest BCUT2D eigenvalue weighted by Crippen LogP contribution is 2.43. The van der Waals surface area contributed by atoms with Crippen molar-refractivity contribution in [3.8, 4) is 17.0 Å². The topological polar surface area (TPSA) is 80.9 Å². The van der Waals surface area contributed by atoms with Gasteiger partial charge in [0.05, 0.1) is 0 Å². The van der Waals surface area contributed by atoms with Crippen molar-refractivity contribution in [3.05, 3.63) is 71.0 Å². The lowest BCUT2D eigenvalue weighted by Crippen LogP contribution is -2.39. The molecule has 10 heteroatoms. The molecule has 0 saturated carbocycles. The van der Waals surface area contributed by atoms with Crippen molar-refractivity contribution in [1.82, 2.24) is 16.0 Å². The molecule has 2 aliphatic heterocycles. The summed E-state index contributed by atoms with van der Waals surface area (Å²) in [6, 6.07) is 13.9. The lowest BCUT2D eigenvalue weighted by molar-refractivity contribution is -0.140. The monoisotopic (exact) mass is 472 g/mol. The molecule has 34 heavy (non-hydrogen) atoms. The van der Waals surface area contributed by atoms with E-state index >= 15 is 0 Å². The largest absolute Gasteiger partial charge is 0.492 e. The van der Waals surface area contributed by atoms with Gasteiger partial charge in [-0.05, 0) is 31.0 Å². The molecule has 178 valence electrons. The molecule has 2 N–H and O–H groups in total. The zero-order valence-electron chi connectivity index (χ0n) is 18.4. The van der Waals surface area contributed by atoms with Crippen LogP contribution in [0.25, 0.3) is 11.3 Å². The number of alkyl halides is 3. The number of fused-ring (bicyclic) bond motifs is 1. The van der Waals surface area contributed by atoms with Crippen LogP contribution in [0.2, 0.25) is 0 Å². The Balaban J connectivity index is 1.41. The lowest BCUT2D eigenvalue weighted by Gasteiger charge is -2.26. The molecular weight excluding hydrogens is 449 g/mol. The number of aliphatic imine (C=N–C) groups is 1. The maximum atomic E-state index is 14.0. The number of nitrogens with zero attached hydrogens (tertiary/aromatic N) is 2. The number of hydrogen-bond donors (Lipinski definition) is 2. The molecule has 5 rings (SSSR count). The molecule has 2 aliphatic rings. The van der Waals surface area contributed by atoms with Crippen LogP contribution in [-0.2, 0) is 17.4 Å². The van der Waals surface area contributed by atoms with Gasteiger partial charge in [-0.15, -0.1) is 0 Å². The van der Waals surface area contributed by atoms with Gasteiger partial charge in [0.15, 0.2) is 5.84 Å². The maximum Gasteiger partial charge on any atom is 0.422 e. The molecule has 0 amide bonds. The summed E-state index contributed by atoms with van der Waals surface area (Å²) in [6.45, 7) is 3.58. The molecule has 2 aromatic carbocycles. The third-order valence-corrected chi connectivity index (χ3v) is 5.72. The Kier molecular flexibility index (Phi) is 6.01. The van der Waals surface area contributed by atoms with Crippen LogP contribution in [0.4, 0.5) is 13.2 Å². The van der Waals surface area contributed by atoms with Gasteiger partial charge in [0.2, 0.25) is 12.0 Å². The summed E-state index contributed by atoms with van der Waals surface area (Å²) in [5.41, 5.74) is 3.30. The molecule has 2 atom stereocenters. The quantitative estimate of drug-likeness (QED) is 0.544. The van der Waals surface area contributed by atoms with E-state index in [9.17, 15) is 13.2 Å². The first-order chi connectivity index (χ1) is 16.4. The lowest BCUT2D eigenvalue weighted by atomic mass is 10.0. The highest BCUT2D eigenvalue weighted by atomic mass is 19.4. The Bertz CT molecular complexity index is 1190. The SMILES string of the molecule is CCCN[C@H]1COc2cc(C3=NC(c4onc(-c5ccccc5)c4C(F)(F)F)ON3)ccc2C1. The van der Waals surface area contributed by atoms with E-state index < -0.39 is 23.7 Å².